The van der Waals surface area contributed by atoms with E-state index in [0.717, 1.165) is 0 Å². The van der Waals surface area contributed by atoms with E-state index in [1.807, 2.05) is 0 Å². The van der Waals surface area contributed by atoms with Gasteiger partial charge in [-0.1, -0.05) is 89.5 Å². The smallest absolute Gasteiger partial charge is 0.0623 e. The number of rotatable bonds is 3. The van der Waals surface area contributed by atoms with E-state index in [1.54, 1.807) is 0 Å². The van der Waals surface area contributed by atoms with E-state index in [2.05, 4.69) is 93.6 Å². The predicted octanol–water partition coefficient (Wildman–Crippen LogP) is 3.13. The molecule has 0 N–H and O–H groups in total. The Morgan fingerprint density at radius 3 is 1.00 bits per heavy atom. The molecule has 0 saturated carbocycles. The number of benzene rings is 3. The molecule has 0 aliphatic carbocycles. The Morgan fingerprint density at radius 1 is 0.455 bits per heavy atom. The molecule has 0 heterocycles. The zero-order chi connectivity index (χ0) is 15.5. The molecule has 22 heavy (non-hydrogen) atoms. The summed E-state index contributed by atoms with van der Waals surface area (Å²) < 4.78 is 0. The molecule has 0 atom stereocenters. The van der Waals surface area contributed by atoms with Gasteiger partial charge in [-0.25, -0.2) is 0 Å². The van der Waals surface area contributed by atoms with E-state index in [1.165, 1.54) is 32.3 Å². The van der Waals surface area contributed by atoms with Crippen LogP contribution in [0.15, 0.2) is 72.8 Å². The Morgan fingerprint density at radius 2 is 0.727 bits per heavy atom. The molecule has 0 unspecified atom stereocenters. The molecular weight excluding hydrogens is 280 g/mol. The van der Waals surface area contributed by atoms with Crippen LogP contribution in [0.5, 0.6) is 0 Å². The molecule has 0 saturated heterocycles. The van der Waals surface area contributed by atoms with E-state index in [-0.39, 0.29) is 0 Å². The van der Waals surface area contributed by atoms with Crippen LogP contribution in [0.3, 0.4) is 0 Å². The maximum Gasteiger partial charge on any atom is 0.155 e. The molecule has 109 valence electrons. The van der Waals surface area contributed by atoms with Gasteiger partial charge in [0.1, 0.15) is 0 Å². The third-order valence-corrected chi connectivity index (χ3v) is 7.54. The molecule has 1 radical (unpaired) electrons. The van der Waals surface area contributed by atoms with E-state index < -0.39 is 8.80 Å². The minimum Gasteiger partial charge on any atom is -0.0623 e. The second-order valence-corrected chi connectivity index (χ2v) is 8.19. The highest BCUT2D eigenvalue weighted by molar-refractivity contribution is 6.96. The van der Waals surface area contributed by atoms with E-state index >= 15 is 0 Å². The molecule has 0 fully saturated rings. The summed E-state index contributed by atoms with van der Waals surface area (Å²) >= 11 is 0. The Bertz CT molecular complexity index is 681. The monoisotopic (exact) mass is 301 g/mol. The van der Waals surface area contributed by atoms with Crippen LogP contribution >= 0.6 is 0 Å². The first kappa shape index (κ1) is 14.8. The van der Waals surface area contributed by atoms with Gasteiger partial charge in [0.25, 0.3) is 0 Å². The molecule has 0 aliphatic heterocycles. The third kappa shape index (κ3) is 2.77. The zero-order valence-corrected chi connectivity index (χ0v) is 14.4. The molecule has 0 spiro atoms. The second-order valence-electron chi connectivity index (χ2n) is 5.82. The summed E-state index contributed by atoms with van der Waals surface area (Å²) in [5, 5.41) is 4.49. The normalized spacial score (nSPS) is 10.9. The van der Waals surface area contributed by atoms with Gasteiger partial charge in [-0.2, -0.15) is 0 Å². The van der Waals surface area contributed by atoms with Crippen LogP contribution in [-0.2, 0) is 0 Å². The Balaban J connectivity index is 2.27. The van der Waals surface area contributed by atoms with Crippen LogP contribution in [0, 0.1) is 20.8 Å². The molecule has 3 aromatic carbocycles. The lowest BCUT2D eigenvalue weighted by molar-refractivity contribution is 1.47. The molecule has 3 rings (SSSR count). The highest BCUT2D eigenvalue weighted by Crippen LogP contribution is 2.05. The van der Waals surface area contributed by atoms with Crippen molar-refractivity contribution in [3.8, 4) is 0 Å². The summed E-state index contributed by atoms with van der Waals surface area (Å²) in [7, 11) is -0.968. The van der Waals surface area contributed by atoms with Gasteiger partial charge >= 0.3 is 0 Å². The van der Waals surface area contributed by atoms with E-state index in [4.69, 9.17) is 0 Å². The van der Waals surface area contributed by atoms with Crippen molar-refractivity contribution < 1.29 is 0 Å². The van der Waals surface area contributed by atoms with Crippen LogP contribution < -0.4 is 15.6 Å². The van der Waals surface area contributed by atoms with E-state index in [9.17, 15) is 0 Å². The molecule has 0 nitrogen and oxygen atoms in total. The summed E-state index contributed by atoms with van der Waals surface area (Å²) in [6.45, 7) is 6.70. The minimum atomic E-state index is -0.968. The topological polar surface area (TPSA) is 0 Å². The van der Waals surface area contributed by atoms with Gasteiger partial charge in [0, 0.05) is 0 Å². The van der Waals surface area contributed by atoms with Crippen molar-refractivity contribution in [1.82, 2.24) is 0 Å². The quantitative estimate of drug-likeness (QED) is 0.515. The number of aryl methyl sites for hydroxylation is 3. The second kappa shape index (κ2) is 6.33. The van der Waals surface area contributed by atoms with Gasteiger partial charge in [-0.05, 0) is 36.3 Å². The van der Waals surface area contributed by atoms with Crippen LogP contribution in [0.2, 0.25) is 0 Å². The van der Waals surface area contributed by atoms with Gasteiger partial charge in [-0.15, -0.1) is 0 Å². The SMILES string of the molecule is Cc1ccccc1[Si](c1ccccc1C)c1ccccc1C. The molecule has 3 aromatic rings. The summed E-state index contributed by atoms with van der Waals surface area (Å²) in [4.78, 5) is 0. The highest BCUT2D eigenvalue weighted by atomic mass is 28.3. The zero-order valence-electron chi connectivity index (χ0n) is 13.4. The molecule has 0 bridgehead atoms. The Labute approximate surface area is 135 Å². The van der Waals surface area contributed by atoms with Gasteiger partial charge in [0.15, 0.2) is 8.80 Å². The van der Waals surface area contributed by atoms with Crippen molar-refractivity contribution in [2.24, 2.45) is 0 Å². The average Bonchev–Trinajstić information content (AvgIpc) is 2.53. The van der Waals surface area contributed by atoms with Crippen molar-refractivity contribution in [3.63, 3.8) is 0 Å². The standard InChI is InChI=1S/C21H21Si/c1-16-10-4-7-13-19(16)22(20-14-8-5-11-17(20)2)21-15-9-6-12-18(21)3/h4-15H,1-3H3. The fraction of sp³-hybridized carbons (Fsp3) is 0.143. The fourth-order valence-corrected chi connectivity index (χ4v) is 6.09. The first-order valence-electron chi connectivity index (χ1n) is 7.73. The first-order valence-corrected chi connectivity index (χ1v) is 9.23. The molecule has 1 heteroatoms. The largest absolute Gasteiger partial charge is 0.155 e. The predicted molar refractivity (Wildman–Crippen MR) is 98.2 cm³/mol. The maximum absolute atomic E-state index is 2.31. The number of hydrogen-bond donors (Lipinski definition) is 0. The highest BCUT2D eigenvalue weighted by Gasteiger charge is 2.23. The van der Waals surface area contributed by atoms with Crippen LogP contribution in [0.1, 0.15) is 16.7 Å². The third-order valence-electron chi connectivity index (χ3n) is 4.24. The fourth-order valence-electron chi connectivity index (χ4n) is 3.00. The van der Waals surface area contributed by atoms with E-state index in [0.29, 0.717) is 0 Å². The van der Waals surface area contributed by atoms with Crippen molar-refractivity contribution in [2.75, 3.05) is 0 Å². The lowest BCUT2D eigenvalue weighted by Crippen LogP contribution is -2.54. The number of hydrogen-bond acceptors (Lipinski definition) is 0. The van der Waals surface area contributed by atoms with Crippen LogP contribution in [0.4, 0.5) is 0 Å². The summed E-state index contributed by atoms with van der Waals surface area (Å²) in [5.41, 5.74) is 4.17. The average molecular weight is 301 g/mol. The van der Waals surface area contributed by atoms with Crippen molar-refractivity contribution >= 4 is 24.4 Å². The molecule has 0 aliphatic rings. The minimum absolute atomic E-state index is 0.968. The Hall–Kier alpha value is -2.12. The first-order chi connectivity index (χ1) is 10.7. The summed E-state index contributed by atoms with van der Waals surface area (Å²) in [5.74, 6) is 0. The molecule has 0 amide bonds. The lowest BCUT2D eigenvalue weighted by Gasteiger charge is -2.22. The van der Waals surface area contributed by atoms with Gasteiger partial charge in [-0.3, -0.25) is 0 Å². The lowest BCUT2D eigenvalue weighted by atomic mass is 10.2. The van der Waals surface area contributed by atoms with Crippen molar-refractivity contribution in [1.29, 1.82) is 0 Å². The maximum atomic E-state index is 2.31. The van der Waals surface area contributed by atoms with Gasteiger partial charge < -0.3 is 0 Å². The molecule has 0 aromatic heterocycles. The van der Waals surface area contributed by atoms with Crippen molar-refractivity contribution in [2.45, 2.75) is 20.8 Å². The molecular formula is C21H21Si. The van der Waals surface area contributed by atoms with Crippen molar-refractivity contribution in [3.05, 3.63) is 89.5 Å². The van der Waals surface area contributed by atoms with Gasteiger partial charge in [0.05, 0.1) is 0 Å². The Kier molecular flexibility index (Phi) is 4.26. The van der Waals surface area contributed by atoms with Crippen LogP contribution in [0.25, 0.3) is 0 Å². The van der Waals surface area contributed by atoms with Gasteiger partial charge in [0.2, 0.25) is 0 Å². The summed E-state index contributed by atoms with van der Waals surface area (Å²) in [6, 6.07) is 26.5. The van der Waals surface area contributed by atoms with Crippen LogP contribution in [-0.4, -0.2) is 8.80 Å². The summed E-state index contributed by atoms with van der Waals surface area (Å²) in [6.07, 6.45) is 0.